The highest BCUT2D eigenvalue weighted by molar-refractivity contribution is 5.25. The van der Waals surface area contributed by atoms with Crippen LogP contribution in [0.3, 0.4) is 0 Å². The average Bonchev–Trinajstić information content (AvgIpc) is 2.35. The molecule has 1 fully saturated rings. The molecule has 1 aromatic rings. The first kappa shape index (κ1) is 14.5. The van der Waals surface area contributed by atoms with E-state index < -0.39 is 5.60 Å². The molecule has 0 unspecified atom stereocenters. The minimum Gasteiger partial charge on any atom is -0.384 e. The van der Waals surface area contributed by atoms with Gasteiger partial charge in [0.05, 0.1) is 0 Å². The molecule has 2 rings (SSSR count). The van der Waals surface area contributed by atoms with Gasteiger partial charge in [0.1, 0.15) is 5.60 Å². The van der Waals surface area contributed by atoms with Gasteiger partial charge in [0, 0.05) is 12.6 Å². The Balaban J connectivity index is 2.37. The monoisotopic (exact) mass is 261 g/mol. The number of rotatable bonds is 1. The van der Waals surface area contributed by atoms with E-state index >= 15 is 0 Å². The van der Waals surface area contributed by atoms with Gasteiger partial charge in [0.25, 0.3) is 0 Å². The van der Waals surface area contributed by atoms with Crippen molar-refractivity contribution in [2.45, 2.75) is 45.8 Å². The first-order valence-electron chi connectivity index (χ1n) is 7.23. The fourth-order valence-electron chi connectivity index (χ4n) is 3.15. The molecule has 1 aliphatic rings. The van der Waals surface area contributed by atoms with Crippen LogP contribution < -0.4 is 0 Å². The zero-order valence-electron chi connectivity index (χ0n) is 12.9. The molecule has 106 valence electrons. The van der Waals surface area contributed by atoms with Crippen molar-refractivity contribution >= 4 is 0 Å². The largest absolute Gasteiger partial charge is 0.384 e. The van der Waals surface area contributed by atoms with E-state index in [1.54, 1.807) is 0 Å². The number of piperidine rings is 1. The van der Waals surface area contributed by atoms with Gasteiger partial charge in [0.15, 0.2) is 0 Å². The predicted octanol–water partition coefficient (Wildman–Crippen LogP) is 3.26. The zero-order valence-corrected chi connectivity index (χ0v) is 12.9. The SMILES string of the molecule is C[C@H]1N(C)C[C@@H](C(C)(C)C)C[C@]1(O)c1ccccc1. The smallest absolute Gasteiger partial charge is 0.105 e. The highest BCUT2D eigenvalue weighted by Gasteiger charge is 2.46. The van der Waals surface area contributed by atoms with Gasteiger partial charge in [-0.15, -0.1) is 0 Å². The molecule has 1 heterocycles. The number of aliphatic hydroxyl groups is 1. The van der Waals surface area contributed by atoms with Crippen LogP contribution in [0.1, 0.15) is 39.7 Å². The van der Waals surface area contributed by atoms with Crippen molar-refractivity contribution in [1.29, 1.82) is 0 Å². The van der Waals surface area contributed by atoms with Crippen LogP contribution in [0.2, 0.25) is 0 Å². The summed E-state index contributed by atoms with van der Waals surface area (Å²) in [5.74, 6) is 0.499. The Morgan fingerprint density at radius 3 is 2.32 bits per heavy atom. The predicted molar refractivity (Wildman–Crippen MR) is 80.0 cm³/mol. The number of hydrogen-bond acceptors (Lipinski definition) is 2. The fraction of sp³-hybridized carbons (Fsp3) is 0.647. The molecule has 19 heavy (non-hydrogen) atoms. The van der Waals surface area contributed by atoms with Crippen molar-refractivity contribution in [3.63, 3.8) is 0 Å². The molecule has 0 spiro atoms. The summed E-state index contributed by atoms with van der Waals surface area (Å²) in [6, 6.07) is 10.3. The summed E-state index contributed by atoms with van der Waals surface area (Å²) in [6.45, 7) is 10.00. The molecule has 1 saturated heterocycles. The number of likely N-dealkylation sites (N-methyl/N-ethyl adjacent to an activating group) is 1. The molecule has 1 N–H and O–H groups in total. The third-order valence-electron chi connectivity index (χ3n) is 4.92. The minimum atomic E-state index is -0.744. The van der Waals surface area contributed by atoms with Gasteiger partial charge in [-0.1, -0.05) is 51.1 Å². The number of hydrogen-bond donors (Lipinski definition) is 1. The topological polar surface area (TPSA) is 23.5 Å². The van der Waals surface area contributed by atoms with Gasteiger partial charge in [-0.3, -0.25) is 0 Å². The third-order valence-corrected chi connectivity index (χ3v) is 4.92. The fourth-order valence-corrected chi connectivity index (χ4v) is 3.15. The van der Waals surface area contributed by atoms with Crippen LogP contribution in [-0.2, 0) is 5.60 Å². The maximum absolute atomic E-state index is 11.3. The quantitative estimate of drug-likeness (QED) is 0.839. The van der Waals surface area contributed by atoms with E-state index in [0.29, 0.717) is 5.92 Å². The second kappa shape index (κ2) is 4.92. The van der Waals surface area contributed by atoms with E-state index in [1.807, 2.05) is 18.2 Å². The van der Waals surface area contributed by atoms with E-state index in [-0.39, 0.29) is 11.5 Å². The molecule has 2 nitrogen and oxygen atoms in total. The molecular weight excluding hydrogens is 234 g/mol. The molecular formula is C17H27NO. The number of likely N-dealkylation sites (tertiary alicyclic amines) is 1. The summed E-state index contributed by atoms with van der Waals surface area (Å²) in [5, 5.41) is 11.3. The van der Waals surface area contributed by atoms with Gasteiger partial charge < -0.3 is 10.0 Å². The van der Waals surface area contributed by atoms with E-state index in [2.05, 4.69) is 51.8 Å². The van der Waals surface area contributed by atoms with Crippen molar-refractivity contribution in [2.24, 2.45) is 11.3 Å². The number of benzene rings is 1. The first-order chi connectivity index (χ1) is 8.75. The van der Waals surface area contributed by atoms with Crippen molar-refractivity contribution in [1.82, 2.24) is 4.90 Å². The van der Waals surface area contributed by atoms with Crippen molar-refractivity contribution in [3.8, 4) is 0 Å². The molecule has 0 aliphatic carbocycles. The Morgan fingerprint density at radius 2 is 1.79 bits per heavy atom. The van der Waals surface area contributed by atoms with Crippen molar-refractivity contribution in [3.05, 3.63) is 35.9 Å². The number of nitrogens with zero attached hydrogens (tertiary/aromatic N) is 1. The third kappa shape index (κ3) is 2.70. The molecule has 1 aromatic carbocycles. The minimum absolute atomic E-state index is 0.147. The van der Waals surface area contributed by atoms with Crippen LogP contribution in [0.4, 0.5) is 0 Å². The van der Waals surface area contributed by atoms with Gasteiger partial charge in [0.2, 0.25) is 0 Å². The summed E-state index contributed by atoms with van der Waals surface area (Å²) in [7, 11) is 2.12. The summed E-state index contributed by atoms with van der Waals surface area (Å²) >= 11 is 0. The Kier molecular flexibility index (Phi) is 3.76. The van der Waals surface area contributed by atoms with E-state index in [1.165, 1.54) is 0 Å². The maximum Gasteiger partial charge on any atom is 0.105 e. The molecule has 0 amide bonds. The lowest BCUT2D eigenvalue weighted by Crippen LogP contribution is -2.56. The van der Waals surface area contributed by atoms with E-state index in [0.717, 1.165) is 18.5 Å². The second-order valence-corrected chi connectivity index (χ2v) is 7.17. The maximum atomic E-state index is 11.3. The average molecular weight is 261 g/mol. The molecule has 0 aromatic heterocycles. The molecule has 1 aliphatic heterocycles. The Bertz CT molecular complexity index is 423. The molecule has 3 atom stereocenters. The normalized spacial score (nSPS) is 33.4. The summed E-state index contributed by atoms with van der Waals surface area (Å²) in [6.07, 6.45) is 0.839. The van der Waals surface area contributed by atoms with E-state index in [9.17, 15) is 5.11 Å². The van der Waals surface area contributed by atoms with Gasteiger partial charge >= 0.3 is 0 Å². The Hall–Kier alpha value is -0.860. The van der Waals surface area contributed by atoms with Crippen LogP contribution >= 0.6 is 0 Å². The van der Waals surface area contributed by atoms with Crippen LogP contribution in [0.5, 0.6) is 0 Å². The summed E-state index contributed by atoms with van der Waals surface area (Å²) in [4.78, 5) is 2.30. The van der Waals surface area contributed by atoms with Crippen LogP contribution in [0.25, 0.3) is 0 Å². The van der Waals surface area contributed by atoms with Gasteiger partial charge in [-0.05, 0) is 37.3 Å². The Morgan fingerprint density at radius 1 is 1.21 bits per heavy atom. The van der Waals surface area contributed by atoms with Crippen LogP contribution in [0.15, 0.2) is 30.3 Å². The lowest BCUT2D eigenvalue weighted by molar-refractivity contribution is -0.109. The first-order valence-corrected chi connectivity index (χ1v) is 7.23. The highest BCUT2D eigenvalue weighted by Crippen LogP contribution is 2.44. The van der Waals surface area contributed by atoms with E-state index in [4.69, 9.17) is 0 Å². The zero-order chi connectivity index (χ0) is 14.3. The molecule has 0 saturated carbocycles. The van der Waals surface area contributed by atoms with Gasteiger partial charge in [-0.2, -0.15) is 0 Å². The standard InChI is InChI=1S/C17H27NO/c1-13-17(19,14-9-7-6-8-10-14)11-15(12-18(13)5)16(2,3)4/h6-10,13,15,19H,11-12H2,1-5H3/t13-,15+,17-/m1/s1. The lowest BCUT2D eigenvalue weighted by atomic mass is 9.67. The van der Waals surface area contributed by atoms with Crippen molar-refractivity contribution in [2.75, 3.05) is 13.6 Å². The summed E-state index contributed by atoms with van der Waals surface area (Å²) in [5.41, 5.74) is 0.520. The molecule has 0 bridgehead atoms. The molecule has 2 heteroatoms. The highest BCUT2D eigenvalue weighted by atomic mass is 16.3. The summed E-state index contributed by atoms with van der Waals surface area (Å²) < 4.78 is 0. The van der Waals surface area contributed by atoms with Crippen LogP contribution in [-0.4, -0.2) is 29.6 Å². The van der Waals surface area contributed by atoms with Crippen molar-refractivity contribution < 1.29 is 5.11 Å². The lowest BCUT2D eigenvalue weighted by Gasteiger charge is -2.51. The Labute approximate surface area is 117 Å². The van der Waals surface area contributed by atoms with Crippen LogP contribution in [0, 0.1) is 11.3 Å². The second-order valence-electron chi connectivity index (χ2n) is 7.17. The molecule has 0 radical (unpaired) electrons. The van der Waals surface area contributed by atoms with Gasteiger partial charge in [-0.25, -0.2) is 0 Å².